The number of rotatable bonds is 14. The number of ether oxygens (including phenoxy) is 3. The van der Waals surface area contributed by atoms with Crippen LogP contribution in [0, 0.1) is 11.8 Å². The Kier molecular flexibility index (Phi) is 12.8. The number of alkyl halides is 1. The van der Waals surface area contributed by atoms with Crippen LogP contribution in [0.4, 0.5) is 0 Å². The summed E-state index contributed by atoms with van der Waals surface area (Å²) >= 11 is 6.84. The van der Waals surface area contributed by atoms with Crippen molar-refractivity contribution in [3.05, 3.63) is 59.7 Å². The maximum Gasteiger partial charge on any atom is 0.157 e. The molecule has 1 unspecified atom stereocenters. The first kappa shape index (κ1) is 28.4. The summed E-state index contributed by atoms with van der Waals surface area (Å²) in [4.78, 5) is 0. The highest BCUT2D eigenvalue weighted by Crippen LogP contribution is 2.42. The number of unbranched alkanes of at least 4 members (excludes halogenated alkanes) is 2. The Morgan fingerprint density at radius 2 is 2.06 bits per heavy atom. The molecule has 1 aromatic rings. The van der Waals surface area contributed by atoms with Crippen molar-refractivity contribution in [2.24, 2.45) is 11.8 Å². The minimum atomic E-state index is -0.580. The molecule has 1 aliphatic carbocycles. The molecule has 1 heterocycles. The molecular weight excluding hydrogens is 464 g/mol. The van der Waals surface area contributed by atoms with Crippen LogP contribution in [0.15, 0.2) is 48.6 Å². The predicted molar refractivity (Wildman–Crippen MR) is 140 cm³/mol. The van der Waals surface area contributed by atoms with Crippen molar-refractivity contribution < 1.29 is 24.4 Å². The summed E-state index contributed by atoms with van der Waals surface area (Å²) in [7, 11) is 1.69. The molecule has 0 radical (unpaired) electrons. The Morgan fingerprint density at radius 1 is 1.20 bits per heavy atom. The second-order valence-corrected chi connectivity index (χ2v) is 10.4. The summed E-state index contributed by atoms with van der Waals surface area (Å²) in [6.07, 6.45) is 15.9. The van der Waals surface area contributed by atoms with Gasteiger partial charge in [-0.1, -0.05) is 48.6 Å². The van der Waals surface area contributed by atoms with E-state index in [1.165, 1.54) is 0 Å². The summed E-state index contributed by atoms with van der Waals surface area (Å²) in [6.45, 7) is 1.56. The molecule has 35 heavy (non-hydrogen) atoms. The van der Waals surface area contributed by atoms with E-state index in [2.05, 4.69) is 24.3 Å². The zero-order valence-electron chi connectivity index (χ0n) is 21.1. The lowest BCUT2D eigenvalue weighted by Crippen LogP contribution is -2.30. The maximum atomic E-state index is 10.8. The van der Waals surface area contributed by atoms with E-state index in [1.807, 2.05) is 24.3 Å². The third kappa shape index (κ3) is 9.64. The topological polar surface area (TPSA) is 68.2 Å². The van der Waals surface area contributed by atoms with Crippen molar-refractivity contribution >= 4 is 11.6 Å². The molecule has 1 aromatic carbocycles. The van der Waals surface area contributed by atoms with Gasteiger partial charge in [-0.25, -0.2) is 0 Å². The van der Waals surface area contributed by atoms with Gasteiger partial charge in [-0.3, -0.25) is 0 Å². The predicted octanol–water partition coefficient (Wildman–Crippen LogP) is 5.56. The zero-order chi connectivity index (χ0) is 24.9. The standard InChI is InChI=1S/C29H43ClO5/c1-33-21-23-11-9-10-22(18-23)19-24(32)14-15-26-25(12-5-3-2-4-7-16-31)27(30)20-28(26)35-29-13-6-8-17-34-29/h3,5,9-11,14-15,18,24-29,31-32H,2,4,6-8,12-13,16-17,19-21H2,1H3/b5-3-,15-14+/t24-,25-,26-,27-,28-,29?/m1/s1. The molecule has 2 N–H and O–H groups in total. The van der Waals surface area contributed by atoms with Gasteiger partial charge in [-0.2, -0.15) is 0 Å². The minimum absolute atomic E-state index is 0.0122. The van der Waals surface area contributed by atoms with Crippen LogP contribution < -0.4 is 0 Å². The summed E-state index contributed by atoms with van der Waals surface area (Å²) < 4.78 is 17.5. The SMILES string of the molecule is COCc1cccc(C[C@H](O)/C=C/[C@@H]2[C@@H](C/C=C\CCCCO)[C@H](Cl)C[C@H]2OC2CCCCO2)c1. The van der Waals surface area contributed by atoms with Gasteiger partial charge in [-0.05, 0) is 68.4 Å². The van der Waals surface area contributed by atoms with E-state index in [4.69, 9.17) is 30.9 Å². The minimum Gasteiger partial charge on any atom is -0.396 e. The van der Waals surface area contributed by atoms with Crippen LogP contribution in [0.1, 0.15) is 62.5 Å². The number of aliphatic hydroxyl groups is 2. The number of aliphatic hydroxyl groups excluding tert-OH is 2. The Balaban J connectivity index is 1.64. The number of allylic oxidation sites excluding steroid dienone is 2. The van der Waals surface area contributed by atoms with Gasteiger partial charge in [0, 0.05) is 38.0 Å². The van der Waals surface area contributed by atoms with Crippen LogP contribution in [0.3, 0.4) is 0 Å². The molecule has 1 saturated carbocycles. The molecule has 0 bridgehead atoms. The highest BCUT2D eigenvalue weighted by atomic mass is 35.5. The van der Waals surface area contributed by atoms with E-state index < -0.39 is 6.10 Å². The molecule has 6 atom stereocenters. The van der Waals surface area contributed by atoms with Gasteiger partial charge < -0.3 is 24.4 Å². The van der Waals surface area contributed by atoms with Crippen molar-refractivity contribution in [3.8, 4) is 0 Å². The van der Waals surface area contributed by atoms with E-state index in [-0.39, 0.29) is 36.2 Å². The van der Waals surface area contributed by atoms with Gasteiger partial charge in [0.1, 0.15) is 0 Å². The molecule has 5 nitrogen and oxygen atoms in total. The monoisotopic (exact) mass is 506 g/mol. The second kappa shape index (κ2) is 15.8. The number of halogens is 1. The van der Waals surface area contributed by atoms with Crippen molar-refractivity contribution in [1.82, 2.24) is 0 Å². The van der Waals surface area contributed by atoms with Gasteiger partial charge in [0.15, 0.2) is 6.29 Å². The van der Waals surface area contributed by atoms with Gasteiger partial charge in [0.05, 0.1) is 18.8 Å². The summed E-state index contributed by atoms with van der Waals surface area (Å²) in [5.74, 6) is 0.368. The fraction of sp³-hybridized carbons (Fsp3) is 0.655. The number of methoxy groups -OCH3 is 1. The zero-order valence-corrected chi connectivity index (χ0v) is 21.8. The van der Waals surface area contributed by atoms with Crippen LogP contribution in [-0.2, 0) is 27.2 Å². The van der Waals surface area contributed by atoms with Crippen LogP contribution in [0.25, 0.3) is 0 Å². The maximum absolute atomic E-state index is 10.8. The fourth-order valence-electron chi connectivity index (χ4n) is 5.13. The summed E-state index contributed by atoms with van der Waals surface area (Å²) in [5, 5.41) is 19.8. The Labute approximate surface area is 216 Å². The average molecular weight is 507 g/mol. The first-order chi connectivity index (χ1) is 17.1. The third-order valence-electron chi connectivity index (χ3n) is 6.97. The van der Waals surface area contributed by atoms with E-state index >= 15 is 0 Å². The molecule has 196 valence electrons. The molecule has 2 fully saturated rings. The van der Waals surface area contributed by atoms with E-state index in [0.29, 0.717) is 13.0 Å². The third-order valence-corrected chi connectivity index (χ3v) is 7.47. The van der Waals surface area contributed by atoms with Crippen molar-refractivity contribution in [1.29, 1.82) is 0 Å². The van der Waals surface area contributed by atoms with E-state index in [9.17, 15) is 5.11 Å². The van der Waals surface area contributed by atoms with Gasteiger partial charge in [-0.15, -0.1) is 11.6 Å². The first-order valence-electron chi connectivity index (χ1n) is 13.2. The Morgan fingerprint density at radius 3 is 2.83 bits per heavy atom. The van der Waals surface area contributed by atoms with Crippen LogP contribution in [-0.4, -0.2) is 54.4 Å². The number of hydrogen-bond donors (Lipinski definition) is 2. The van der Waals surface area contributed by atoms with Gasteiger partial charge in [0.25, 0.3) is 0 Å². The fourth-order valence-corrected chi connectivity index (χ4v) is 5.57. The van der Waals surface area contributed by atoms with E-state index in [0.717, 1.165) is 69.1 Å². The lowest BCUT2D eigenvalue weighted by molar-refractivity contribution is -0.192. The van der Waals surface area contributed by atoms with Crippen LogP contribution >= 0.6 is 11.6 Å². The highest BCUT2D eigenvalue weighted by molar-refractivity contribution is 6.21. The normalized spacial score (nSPS) is 28.3. The second-order valence-electron chi connectivity index (χ2n) is 9.80. The summed E-state index contributed by atoms with van der Waals surface area (Å²) in [5.41, 5.74) is 2.19. The summed E-state index contributed by atoms with van der Waals surface area (Å²) in [6, 6.07) is 8.16. The Hall–Kier alpha value is -1.21. The largest absolute Gasteiger partial charge is 0.396 e. The molecule has 6 heteroatoms. The molecular formula is C29H43ClO5. The quantitative estimate of drug-likeness (QED) is 0.196. The molecule has 1 saturated heterocycles. The molecule has 0 aromatic heterocycles. The number of hydrogen-bond acceptors (Lipinski definition) is 5. The lowest BCUT2D eigenvalue weighted by Gasteiger charge is -2.29. The first-order valence-corrected chi connectivity index (χ1v) is 13.6. The molecule has 0 amide bonds. The van der Waals surface area contributed by atoms with Crippen LogP contribution in [0.2, 0.25) is 0 Å². The smallest absolute Gasteiger partial charge is 0.157 e. The molecule has 0 spiro atoms. The van der Waals surface area contributed by atoms with Gasteiger partial charge >= 0.3 is 0 Å². The molecule has 3 rings (SSSR count). The van der Waals surface area contributed by atoms with E-state index in [1.54, 1.807) is 7.11 Å². The van der Waals surface area contributed by atoms with Crippen molar-refractivity contribution in [3.63, 3.8) is 0 Å². The van der Waals surface area contributed by atoms with Crippen molar-refractivity contribution in [2.45, 2.75) is 88.3 Å². The lowest BCUT2D eigenvalue weighted by atomic mass is 9.90. The number of benzene rings is 1. The molecule has 1 aliphatic heterocycles. The van der Waals surface area contributed by atoms with Gasteiger partial charge in [0.2, 0.25) is 0 Å². The van der Waals surface area contributed by atoms with Crippen molar-refractivity contribution in [2.75, 3.05) is 20.3 Å². The van der Waals surface area contributed by atoms with Crippen LogP contribution in [0.5, 0.6) is 0 Å². The Bertz CT molecular complexity index is 776. The molecule has 2 aliphatic rings. The highest BCUT2D eigenvalue weighted by Gasteiger charge is 2.42. The average Bonchev–Trinajstić information content (AvgIpc) is 3.14.